The zero-order valence-corrected chi connectivity index (χ0v) is 17.1. The van der Waals surface area contributed by atoms with E-state index in [1.54, 1.807) is 38.1 Å². The molecule has 142 valence electrons. The lowest BCUT2D eigenvalue weighted by molar-refractivity contribution is 0.0676. The summed E-state index contributed by atoms with van der Waals surface area (Å²) in [5.74, 6) is 0.291. The second-order valence-electron chi connectivity index (χ2n) is 6.44. The molecule has 0 saturated heterocycles. The third-order valence-electron chi connectivity index (χ3n) is 4.18. The monoisotopic (exact) mass is 395 g/mol. The van der Waals surface area contributed by atoms with Crippen molar-refractivity contribution in [3.05, 3.63) is 52.2 Å². The molecular formula is C19H25NO4S2. The van der Waals surface area contributed by atoms with Gasteiger partial charge in [-0.3, -0.25) is 4.79 Å². The SMILES string of the molecule is CCC(C)N(Cc1ccc(OS(=O)(=O)C(C)C)cc1)C(=O)c1cccs1. The summed E-state index contributed by atoms with van der Waals surface area (Å²) in [4.78, 5) is 15.3. The summed E-state index contributed by atoms with van der Waals surface area (Å²) < 4.78 is 28.8. The normalized spacial score (nSPS) is 12.8. The van der Waals surface area contributed by atoms with Crippen molar-refractivity contribution in [2.24, 2.45) is 0 Å². The van der Waals surface area contributed by atoms with Crippen LogP contribution in [0.4, 0.5) is 0 Å². The molecule has 0 spiro atoms. The zero-order valence-electron chi connectivity index (χ0n) is 15.5. The summed E-state index contributed by atoms with van der Waals surface area (Å²) in [5, 5.41) is 1.29. The predicted molar refractivity (Wildman–Crippen MR) is 105 cm³/mol. The lowest BCUT2D eigenvalue weighted by Crippen LogP contribution is -2.37. The average molecular weight is 396 g/mol. The van der Waals surface area contributed by atoms with E-state index in [2.05, 4.69) is 0 Å². The Labute approximate surface area is 159 Å². The van der Waals surface area contributed by atoms with E-state index in [1.165, 1.54) is 11.3 Å². The molecule has 26 heavy (non-hydrogen) atoms. The maximum Gasteiger partial charge on any atom is 0.311 e. The Morgan fingerprint density at radius 1 is 1.15 bits per heavy atom. The van der Waals surface area contributed by atoms with Crippen molar-refractivity contribution < 1.29 is 17.4 Å². The van der Waals surface area contributed by atoms with Crippen LogP contribution in [0.15, 0.2) is 41.8 Å². The number of amides is 1. The minimum Gasteiger partial charge on any atom is -0.382 e. The van der Waals surface area contributed by atoms with Crippen LogP contribution in [0, 0.1) is 0 Å². The van der Waals surface area contributed by atoms with Gasteiger partial charge in [0, 0.05) is 12.6 Å². The van der Waals surface area contributed by atoms with Gasteiger partial charge in [-0.05, 0) is 56.3 Å². The van der Waals surface area contributed by atoms with E-state index < -0.39 is 15.4 Å². The van der Waals surface area contributed by atoms with Crippen LogP contribution < -0.4 is 4.18 Å². The summed E-state index contributed by atoms with van der Waals surface area (Å²) in [7, 11) is -3.61. The lowest BCUT2D eigenvalue weighted by Gasteiger charge is -2.28. The van der Waals surface area contributed by atoms with Gasteiger partial charge in [-0.1, -0.05) is 25.1 Å². The van der Waals surface area contributed by atoms with Gasteiger partial charge in [-0.2, -0.15) is 8.42 Å². The number of hydrogen-bond donors (Lipinski definition) is 0. The Kier molecular flexibility index (Phi) is 6.83. The molecule has 2 aromatic rings. The summed E-state index contributed by atoms with van der Waals surface area (Å²) in [6.07, 6.45) is 0.852. The van der Waals surface area contributed by atoms with Crippen molar-refractivity contribution >= 4 is 27.4 Å². The Balaban J connectivity index is 2.15. The molecule has 0 bridgehead atoms. The van der Waals surface area contributed by atoms with Gasteiger partial charge in [-0.15, -0.1) is 11.3 Å². The molecule has 1 heterocycles. The molecule has 1 unspecified atom stereocenters. The molecule has 0 fully saturated rings. The molecule has 1 atom stereocenters. The fraction of sp³-hybridized carbons (Fsp3) is 0.421. The van der Waals surface area contributed by atoms with Crippen molar-refractivity contribution in [2.75, 3.05) is 0 Å². The Morgan fingerprint density at radius 3 is 2.31 bits per heavy atom. The van der Waals surface area contributed by atoms with Crippen LogP contribution >= 0.6 is 11.3 Å². The van der Waals surface area contributed by atoms with Crippen LogP contribution in [-0.4, -0.2) is 30.5 Å². The van der Waals surface area contributed by atoms with Crippen molar-refractivity contribution in [3.63, 3.8) is 0 Å². The van der Waals surface area contributed by atoms with Gasteiger partial charge in [0.05, 0.1) is 10.1 Å². The van der Waals surface area contributed by atoms with Gasteiger partial charge in [0.25, 0.3) is 5.91 Å². The van der Waals surface area contributed by atoms with Gasteiger partial charge in [0.1, 0.15) is 5.75 Å². The largest absolute Gasteiger partial charge is 0.382 e. The highest BCUT2D eigenvalue weighted by Crippen LogP contribution is 2.21. The number of nitrogens with zero attached hydrogens (tertiary/aromatic N) is 1. The summed E-state index contributed by atoms with van der Waals surface area (Å²) >= 11 is 1.43. The number of benzene rings is 1. The molecule has 1 aromatic carbocycles. The van der Waals surface area contributed by atoms with Crippen molar-refractivity contribution in [1.82, 2.24) is 4.90 Å². The third kappa shape index (κ3) is 5.08. The number of carbonyl (C=O) groups excluding carboxylic acids is 1. The number of carbonyl (C=O) groups is 1. The maximum atomic E-state index is 12.8. The van der Waals surface area contributed by atoms with Crippen LogP contribution in [0.25, 0.3) is 0 Å². The molecule has 0 aliphatic heterocycles. The Hall–Kier alpha value is -1.86. The Morgan fingerprint density at radius 2 is 1.81 bits per heavy atom. The molecule has 7 heteroatoms. The quantitative estimate of drug-likeness (QED) is 0.625. The first-order valence-corrected chi connectivity index (χ1v) is 11.0. The molecule has 1 aromatic heterocycles. The predicted octanol–water partition coefficient (Wildman–Crippen LogP) is 4.31. The van der Waals surface area contributed by atoms with Gasteiger partial charge in [0.15, 0.2) is 0 Å². The molecule has 0 radical (unpaired) electrons. The summed E-state index contributed by atoms with van der Waals surface area (Å²) in [6.45, 7) is 7.68. The molecule has 0 aliphatic rings. The summed E-state index contributed by atoms with van der Waals surface area (Å²) in [6, 6.07) is 10.6. The molecule has 5 nitrogen and oxygen atoms in total. The molecule has 2 rings (SSSR count). The number of thiophene rings is 1. The molecule has 1 amide bonds. The van der Waals surface area contributed by atoms with E-state index in [0.29, 0.717) is 11.4 Å². The van der Waals surface area contributed by atoms with Gasteiger partial charge < -0.3 is 9.08 Å². The van der Waals surface area contributed by atoms with Gasteiger partial charge in [-0.25, -0.2) is 0 Å². The van der Waals surface area contributed by atoms with E-state index >= 15 is 0 Å². The van der Waals surface area contributed by atoms with Gasteiger partial charge >= 0.3 is 10.1 Å². The van der Waals surface area contributed by atoms with E-state index in [0.717, 1.165) is 12.0 Å². The van der Waals surface area contributed by atoms with E-state index in [4.69, 9.17) is 4.18 Å². The van der Waals surface area contributed by atoms with Crippen LogP contribution in [-0.2, 0) is 16.7 Å². The van der Waals surface area contributed by atoms with Crippen LogP contribution in [0.2, 0.25) is 0 Å². The van der Waals surface area contributed by atoms with E-state index in [9.17, 15) is 13.2 Å². The number of hydrogen-bond acceptors (Lipinski definition) is 5. The maximum absolute atomic E-state index is 12.8. The van der Waals surface area contributed by atoms with Crippen LogP contribution in [0.1, 0.15) is 49.4 Å². The average Bonchev–Trinajstić information content (AvgIpc) is 3.14. The zero-order chi connectivity index (χ0) is 19.3. The fourth-order valence-electron chi connectivity index (χ4n) is 2.27. The van der Waals surface area contributed by atoms with Crippen LogP contribution in [0.3, 0.4) is 0 Å². The first-order chi connectivity index (χ1) is 12.2. The van der Waals surface area contributed by atoms with Gasteiger partial charge in [0.2, 0.25) is 0 Å². The first-order valence-electron chi connectivity index (χ1n) is 8.61. The highest BCUT2D eigenvalue weighted by molar-refractivity contribution is 7.87. The topological polar surface area (TPSA) is 63.7 Å². The Bertz CT molecular complexity index is 812. The highest BCUT2D eigenvalue weighted by Gasteiger charge is 2.22. The standard InChI is InChI=1S/C19H25NO4S2/c1-5-15(4)20(19(21)18-7-6-12-25-18)13-16-8-10-17(11-9-16)24-26(22,23)14(2)3/h6-12,14-15H,5,13H2,1-4H3. The summed E-state index contributed by atoms with van der Waals surface area (Å²) in [5.41, 5.74) is 0.921. The molecule has 0 aliphatic carbocycles. The first kappa shape index (κ1) is 20.5. The smallest absolute Gasteiger partial charge is 0.311 e. The van der Waals surface area contributed by atoms with Crippen molar-refractivity contribution in [2.45, 2.75) is 52.0 Å². The minimum atomic E-state index is -3.61. The van der Waals surface area contributed by atoms with E-state index in [-0.39, 0.29) is 17.7 Å². The van der Waals surface area contributed by atoms with E-state index in [1.807, 2.05) is 36.3 Å². The molecule has 0 N–H and O–H groups in total. The van der Waals surface area contributed by atoms with Crippen LogP contribution in [0.5, 0.6) is 5.75 Å². The second kappa shape index (κ2) is 8.68. The van der Waals surface area contributed by atoms with Crippen molar-refractivity contribution in [1.29, 1.82) is 0 Å². The lowest BCUT2D eigenvalue weighted by atomic mass is 10.1. The fourth-order valence-corrected chi connectivity index (χ4v) is 3.52. The highest BCUT2D eigenvalue weighted by atomic mass is 32.2. The molecular weight excluding hydrogens is 370 g/mol. The third-order valence-corrected chi connectivity index (χ3v) is 6.62. The number of rotatable bonds is 8. The molecule has 0 saturated carbocycles. The van der Waals surface area contributed by atoms with Crippen molar-refractivity contribution in [3.8, 4) is 5.75 Å². The second-order valence-corrected chi connectivity index (χ2v) is 9.48. The minimum absolute atomic E-state index is 0.0112.